The number of hydrogen-bond acceptors (Lipinski definition) is 5. The highest BCUT2D eigenvalue weighted by Crippen LogP contribution is 2.22. The van der Waals surface area contributed by atoms with Gasteiger partial charge in [0.25, 0.3) is 0 Å². The van der Waals surface area contributed by atoms with E-state index in [0.717, 1.165) is 10.6 Å². The van der Waals surface area contributed by atoms with Crippen LogP contribution in [0.5, 0.6) is 0 Å². The Balaban J connectivity index is 2.11. The molecule has 0 saturated carbocycles. The maximum Gasteiger partial charge on any atom is 0.193 e. The van der Waals surface area contributed by atoms with Gasteiger partial charge in [0, 0.05) is 30.7 Å². The Bertz CT molecular complexity index is 457. The van der Waals surface area contributed by atoms with Crippen molar-refractivity contribution in [1.82, 2.24) is 15.0 Å². The summed E-state index contributed by atoms with van der Waals surface area (Å²) in [7, 11) is 0. The Morgan fingerprint density at radius 3 is 2.44 bits per heavy atom. The number of hydrogen-bond donors (Lipinski definition) is 1. The molecular weight excluding hydrogens is 244 g/mol. The van der Waals surface area contributed by atoms with E-state index in [0.29, 0.717) is 16.7 Å². The van der Waals surface area contributed by atoms with Crippen molar-refractivity contribution in [1.29, 1.82) is 0 Å². The van der Waals surface area contributed by atoms with Gasteiger partial charge in [0.05, 0.1) is 5.02 Å². The maximum atomic E-state index is 5.74. The second kappa shape index (κ2) is 5.25. The lowest BCUT2D eigenvalue weighted by molar-refractivity contribution is 0.911. The molecule has 0 atom stereocenters. The van der Waals surface area contributed by atoms with Crippen LogP contribution in [-0.2, 0) is 6.54 Å². The minimum Gasteiger partial charge on any atom is -0.326 e. The van der Waals surface area contributed by atoms with Crippen LogP contribution in [0.2, 0.25) is 5.02 Å². The lowest BCUT2D eigenvalue weighted by Gasteiger charge is -2.00. The molecular formula is C10H9ClN4S. The van der Waals surface area contributed by atoms with Crippen LogP contribution in [0.4, 0.5) is 0 Å². The molecule has 0 aliphatic carbocycles. The summed E-state index contributed by atoms with van der Waals surface area (Å²) >= 11 is 7.12. The SMILES string of the molecule is NCc1cnc(Sc2ccc(Cl)cn2)nc1. The molecule has 2 heterocycles. The molecule has 6 heteroatoms. The standard InChI is InChI=1S/C10H9ClN4S/c11-8-1-2-9(13-6-8)16-10-14-4-7(3-12)5-15-10/h1-2,4-6H,3,12H2. The number of halogens is 1. The van der Waals surface area contributed by atoms with Crippen LogP contribution >= 0.6 is 23.4 Å². The highest BCUT2D eigenvalue weighted by atomic mass is 35.5. The van der Waals surface area contributed by atoms with Crippen LogP contribution in [0, 0.1) is 0 Å². The van der Waals surface area contributed by atoms with Gasteiger partial charge in [0.15, 0.2) is 5.16 Å². The summed E-state index contributed by atoms with van der Waals surface area (Å²) in [6.07, 6.45) is 5.02. The van der Waals surface area contributed by atoms with Crippen molar-refractivity contribution in [3.05, 3.63) is 41.3 Å². The molecule has 0 aromatic carbocycles. The topological polar surface area (TPSA) is 64.7 Å². The average molecular weight is 253 g/mol. The van der Waals surface area contributed by atoms with Crippen LogP contribution < -0.4 is 5.73 Å². The summed E-state index contributed by atoms with van der Waals surface area (Å²) in [5, 5.41) is 2.07. The number of nitrogens with zero attached hydrogens (tertiary/aromatic N) is 3. The Morgan fingerprint density at radius 1 is 1.12 bits per heavy atom. The van der Waals surface area contributed by atoms with Crippen molar-refractivity contribution in [3.8, 4) is 0 Å². The summed E-state index contributed by atoms with van der Waals surface area (Å²) in [5.74, 6) is 0. The fourth-order valence-electron chi connectivity index (χ4n) is 1.02. The van der Waals surface area contributed by atoms with E-state index in [1.807, 2.05) is 6.07 Å². The zero-order valence-electron chi connectivity index (χ0n) is 8.30. The summed E-state index contributed by atoms with van der Waals surface area (Å²) in [6.45, 7) is 0.449. The minimum absolute atomic E-state index is 0.449. The van der Waals surface area contributed by atoms with E-state index in [-0.39, 0.29) is 0 Å². The second-order valence-corrected chi connectivity index (χ2v) is 4.42. The molecule has 82 valence electrons. The smallest absolute Gasteiger partial charge is 0.193 e. The highest BCUT2D eigenvalue weighted by molar-refractivity contribution is 7.99. The molecule has 0 spiro atoms. The first-order valence-corrected chi connectivity index (χ1v) is 5.78. The van der Waals surface area contributed by atoms with Crippen LogP contribution in [0.3, 0.4) is 0 Å². The first-order valence-electron chi connectivity index (χ1n) is 4.58. The van der Waals surface area contributed by atoms with E-state index in [1.54, 1.807) is 24.7 Å². The molecule has 0 aliphatic heterocycles. The molecule has 4 nitrogen and oxygen atoms in total. The molecule has 2 rings (SSSR count). The fourth-order valence-corrected chi connectivity index (χ4v) is 1.77. The van der Waals surface area contributed by atoms with Crippen molar-refractivity contribution in [3.63, 3.8) is 0 Å². The minimum atomic E-state index is 0.449. The molecule has 0 radical (unpaired) electrons. The van der Waals surface area contributed by atoms with Crippen molar-refractivity contribution < 1.29 is 0 Å². The Morgan fingerprint density at radius 2 is 1.88 bits per heavy atom. The number of aromatic nitrogens is 3. The van der Waals surface area contributed by atoms with Crippen LogP contribution in [0.1, 0.15) is 5.56 Å². The zero-order valence-corrected chi connectivity index (χ0v) is 9.87. The van der Waals surface area contributed by atoms with E-state index in [9.17, 15) is 0 Å². The summed E-state index contributed by atoms with van der Waals surface area (Å²) in [6, 6.07) is 3.61. The summed E-state index contributed by atoms with van der Waals surface area (Å²) < 4.78 is 0. The van der Waals surface area contributed by atoms with Gasteiger partial charge >= 0.3 is 0 Å². The highest BCUT2D eigenvalue weighted by Gasteiger charge is 2.01. The van der Waals surface area contributed by atoms with Gasteiger partial charge in [-0.1, -0.05) is 11.6 Å². The Hall–Kier alpha value is -1.17. The number of pyridine rings is 1. The molecule has 16 heavy (non-hydrogen) atoms. The van der Waals surface area contributed by atoms with Gasteiger partial charge < -0.3 is 5.73 Å². The van der Waals surface area contributed by atoms with Gasteiger partial charge in [-0.2, -0.15) is 0 Å². The van der Waals surface area contributed by atoms with Crippen molar-refractivity contribution in [2.45, 2.75) is 16.7 Å². The van der Waals surface area contributed by atoms with Crippen molar-refractivity contribution >= 4 is 23.4 Å². The Kier molecular flexibility index (Phi) is 3.71. The van der Waals surface area contributed by atoms with Crippen molar-refractivity contribution in [2.75, 3.05) is 0 Å². The predicted octanol–water partition coefficient (Wildman–Crippen LogP) is 2.13. The molecule has 2 aromatic rings. The third-order valence-corrected chi connectivity index (χ3v) is 2.88. The molecule has 0 fully saturated rings. The molecule has 0 aliphatic rings. The van der Waals surface area contributed by atoms with Crippen LogP contribution in [0.25, 0.3) is 0 Å². The monoisotopic (exact) mass is 252 g/mol. The van der Waals surface area contributed by atoms with E-state index in [1.165, 1.54) is 11.8 Å². The zero-order chi connectivity index (χ0) is 11.4. The first-order chi connectivity index (χ1) is 7.78. The first kappa shape index (κ1) is 11.3. The second-order valence-electron chi connectivity index (χ2n) is 2.99. The van der Waals surface area contributed by atoms with Gasteiger partial charge in [0.1, 0.15) is 5.03 Å². The summed E-state index contributed by atoms with van der Waals surface area (Å²) in [4.78, 5) is 12.5. The van der Waals surface area contributed by atoms with Gasteiger partial charge in [-0.15, -0.1) is 0 Å². The molecule has 0 bridgehead atoms. The predicted molar refractivity (Wildman–Crippen MR) is 63.3 cm³/mol. The maximum absolute atomic E-state index is 5.74. The van der Waals surface area contributed by atoms with Crippen LogP contribution in [-0.4, -0.2) is 15.0 Å². The fraction of sp³-hybridized carbons (Fsp3) is 0.100. The number of nitrogens with two attached hydrogens (primary N) is 1. The van der Waals surface area contributed by atoms with Crippen LogP contribution in [0.15, 0.2) is 40.9 Å². The molecule has 0 unspecified atom stereocenters. The van der Waals surface area contributed by atoms with E-state index in [4.69, 9.17) is 17.3 Å². The normalized spacial score (nSPS) is 10.4. The molecule has 2 aromatic heterocycles. The van der Waals surface area contributed by atoms with Gasteiger partial charge in [-0.05, 0) is 23.9 Å². The van der Waals surface area contributed by atoms with E-state index < -0.39 is 0 Å². The lowest BCUT2D eigenvalue weighted by atomic mass is 10.4. The van der Waals surface area contributed by atoms with Crippen molar-refractivity contribution in [2.24, 2.45) is 5.73 Å². The third kappa shape index (κ3) is 2.91. The molecule has 0 saturated heterocycles. The van der Waals surface area contributed by atoms with Gasteiger partial charge in [0.2, 0.25) is 0 Å². The van der Waals surface area contributed by atoms with E-state index >= 15 is 0 Å². The Labute approximate surface area is 102 Å². The molecule has 0 amide bonds. The third-order valence-electron chi connectivity index (χ3n) is 1.81. The quantitative estimate of drug-likeness (QED) is 0.848. The summed E-state index contributed by atoms with van der Waals surface area (Å²) in [5.41, 5.74) is 6.37. The van der Waals surface area contributed by atoms with Gasteiger partial charge in [-0.25, -0.2) is 15.0 Å². The average Bonchev–Trinajstić information content (AvgIpc) is 2.33. The largest absolute Gasteiger partial charge is 0.326 e. The molecule has 2 N–H and O–H groups in total. The lowest BCUT2D eigenvalue weighted by Crippen LogP contribution is -1.98. The van der Waals surface area contributed by atoms with E-state index in [2.05, 4.69) is 15.0 Å². The number of rotatable bonds is 3. The van der Waals surface area contributed by atoms with Gasteiger partial charge in [-0.3, -0.25) is 0 Å².